The Hall–Kier alpha value is -3.31. The van der Waals surface area contributed by atoms with Gasteiger partial charge in [0.1, 0.15) is 11.4 Å². The predicted molar refractivity (Wildman–Crippen MR) is 137 cm³/mol. The zero-order valence-corrected chi connectivity index (χ0v) is 20.9. The van der Waals surface area contributed by atoms with Gasteiger partial charge in [0.25, 0.3) is 0 Å². The third-order valence-corrected chi connectivity index (χ3v) is 7.45. The van der Waals surface area contributed by atoms with E-state index < -0.39 is 11.4 Å². The van der Waals surface area contributed by atoms with Crippen molar-refractivity contribution in [3.8, 4) is 5.75 Å². The second-order valence-corrected chi connectivity index (χ2v) is 10.6. The number of carbonyl (C=O) groups is 2. The van der Waals surface area contributed by atoms with Crippen LogP contribution in [0.3, 0.4) is 0 Å². The molecule has 5 nitrogen and oxygen atoms in total. The van der Waals surface area contributed by atoms with E-state index >= 15 is 0 Å². The summed E-state index contributed by atoms with van der Waals surface area (Å²) in [6.07, 6.45) is 2.32. The average molecular weight is 490 g/mol. The van der Waals surface area contributed by atoms with Crippen LogP contribution in [0.5, 0.6) is 5.75 Å². The van der Waals surface area contributed by atoms with E-state index in [1.807, 2.05) is 55.5 Å². The van der Waals surface area contributed by atoms with Crippen molar-refractivity contribution in [1.29, 1.82) is 0 Å². The molecule has 0 unspecified atom stereocenters. The monoisotopic (exact) mass is 489 g/mol. The highest BCUT2D eigenvalue weighted by Crippen LogP contribution is 2.50. The van der Waals surface area contributed by atoms with Gasteiger partial charge < -0.3 is 9.84 Å². The maximum atomic E-state index is 14.1. The number of amides is 1. The number of rotatable bonds is 5. The first-order valence-corrected chi connectivity index (χ1v) is 12.2. The van der Waals surface area contributed by atoms with Crippen LogP contribution >= 0.6 is 11.6 Å². The summed E-state index contributed by atoms with van der Waals surface area (Å²) in [5.41, 5.74) is 4.23. The summed E-state index contributed by atoms with van der Waals surface area (Å²) in [7, 11) is 0. The van der Waals surface area contributed by atoms with E-state index in [9.17, 15) is 9.59 Å². The summed E-state index contributed by atoms with van der Waals surface area (Å²) >= 11 is 6.41. The number of carboxylic acids is 1. The molecule has 0 fully saturated rings. The molecular formula is C29H28ClNO4. The number of nitrogens with zero attached hydrogens (tertiary/aromatic N) is 1. The second kappa shape index (κ2) is 8.42. The van der Waals surface area contributed by atoms with E-state index in [-0.39, 0.29) is 17.9 Å². The van der Waals surface area contributed by atoms with Gasteiger partial charge in [0.15, 0.2) is 0 Å². The van der Waals surface area contributed by atoms with Crippen LogP contribution in [-0.4, -0.2) is 22.6 Å². The van der Waals surface area contributed by atoms with Crippen LogP contribution < -0.4 is 9.64 Å². The van der Waals surface area contributed by atoms with Crippen LogP contribution in [0.2, 0.25) is 5.02 Å². The lowest BCUT2D eigenvalue weighted by atomic mass is 9.76. The molecule has 0 aromatic heterocycles. The Morgan fingerprint density at radius 2 is 1.80 bits per heavy atom. The Morgan fingerprint density at radius 3 is 2.51 bits per heavy atom. The number of aryl methyl sites for hydroxylation is 2. The van der Waals surface area contributed by atoms with Gasteiger partial charge >= 0.3 is 5.97 Å². The molecule has 0 spiro atoms. The molecule has 0 saturated heterocycles. The Morgan fingerprint density at radius 1 is 1.06 bits per heavy atom. The highest BCUT2D eigenvalue weighted by atomic mass is 35.5. The molecule has 1 N–H and O–H groups in total. The molecule has 2 aliphatic rings. The number of ether oxygens (including phenoxy) is 1. The number of carboxylic acid groups (broad SMARTS) is 1. The van der Waals surface area contributed by atoms with Crippen LogP contribution in [-0.2, 0) is 27.8 Å². The fourth-order valence-electron chi connectivity index (χ4n) is 5.12. The highest BCUT2D eigenvalue weighted by molar-refractivity contribution is 6.31. The standard InChI is InChI=1S/C29H28ClNO4/c1-28(2)15-14-19-16-20(7-12-25(19)35-28)29(3)23-17-21(30)8-11-24(23)31(27(29)34)22-9-4-18(5-10-22)6-13-26(32)33/h4-5,7-12,16-17H,6,13-15H2,1-3H3,(H,32,33)/t29-/m0/s1. The first-order chi connectivity index (χ1) is 16.6. The summed E-state index contributed by atoms with van der Waals surface area (Å²) < 4.78 is 6.17. The molecule has 1 amide bonds. The Kier molecular flexibility index (Phi) is 5.64. The fraction of sp³-hybridized carbons (Fsp3) is 0.310. The predicted octanol–water partition coefficient (Wildman–Crippen LogP) is 6.45. The van der Waals surface area contributed by atoms with Gasteiger partial charge in [0, 0.05) is 17.1 Å². The molecule has 0 radical (unpaired) electrons. The van der Waals surface area contributed by atoms with E-state index in [1.165, 1.54) is 0 Å². The molecule has 0 bridgehead atoms. The van der Waals surface area contributed by atoms with Gasteiger partial charge in [-0.3, -0.25) is 14.5 Å². The summed E-state index contributed by atoms with van der Waals surface area (Å²) in [5.74, 6) is -0.00591. The number of anilines is 2. The summed E-state index contributed by atoms with van der Waals surface area (Å²) in [5, 5.41) is 9.54. The number of hydrogen-bond donors (Lipinski definition) is 1. The normalized spacial score (nSPS) is 20.2. The van der Waals surface area contributed by atoms with Gasteiger partial charge in [-0.05, 0) is 98.7 Å². The molecule has 2 aliphatic heterocycles. The number of aliphatic carboxylic acids is 1. The van der Waals surface area contributed by atoms with Gasteiger partial charge in [-0.25, -0.2) is 0 Å². The summed E-state index contributed by atoms with van der Waals surface area (Å²) in [6.45, 7) is 6.14. The Labute approximate surface area is 210 Å². The largest absolute Gasteiger partial charge is 0.488 e. The first kappa shape index (κ1) is 23.4. The van der Waals surface area contributed by atoms with Crippen LogP contribution in [0.4, 0.5) is 11.4 Å². The van der Waals surface area contributed by atoms with Crippen LogP contribution in [0, 0.1) is 0 Å². The molecule has 0 saturated carbocycles. The number of hydrogen-bond acceptors (Lipinski definition) is 3. The molecule has 5 rings (SSSR count). The van der Waals surface area contributed by atoms with E-state index in [0.29, 0.717) is 11.4 Å². The molecule has 2 heterocycles. The van der Waals surface area contributed by atoms with Crippen molar-refractivity contribution in [2.75, 3.05) is 4.90 Å². The number of carbonyl (C=O) groups excluding carboxylic acids is 1. The minimum atomic E-state index is -0.912. The van der Waals surface area contributed by atoms with Crippen molar-refractivity contribution in [2.24, 2.45) is 0 Å². The van der Waals surface area contributed by atoms with Crippen molar-refractivity contribution in [3.05, 3.63) is 87.9 Å². The van der Waals surface area contributed by atoms with Crippen LogP contribution in [0.1, 0.15) is 55.9 Å². The van der Waals surface area contributed by atoms with Crippen molar-refractivity contribution in [2.45, 2.75) is 57.5 Å². The van der Waals surface area contributed by atoms with Crippen LogP contribution in [0.15, 0.2) is 60.7 Å². The quantitative estimate of drug-likeness (QED) is 0.447. The molecule has 0 aliphatic carbocycles. The van der Waals surface area contributed by atoms with E-state index in [2.05, 4.69) is 19.9 Å². The Balaban J connectivity index is 1.56. The zero-order chi connectivity index (χ0) is 25.0. The lowest BCUT2D eigenvalue weighted by Crippen LogP contribution is -2.37. The van der Waals surface area contributed by atoms with E-state index in [0.717, 1.165) is 52.2 Å². The van der Waals surface area contributed by atoms with Crippen molar-refractivity contribution >= 4 is 34.9 Å². The third-order valence-electron chi connectivity index (χ3n) is 7.21. The van der Waals surface area contributed by atoms with Crippen molar-refractivity contribution in [3.63, 3.8) is 0 Å². The third kappa shape index (κ3) is 4.08. The van der Waals surface area contributed by atoms with Gasteiger partial charge in [-0.1, -0.05) is 35.9 Å². The van der Waals surface area contributed by atoms with Gasteiger partial charge in [-0.2, -0.15) is 0 Å². The minimum absolute atomic E-state index is 0.0509. The van der Waals surface area contributed by atoms with Gasteiger partial charge in [0.2, 0.25) is 5.91 Å². The number of fused-ring (bicyclic) bond motifs is 2. The maximum Gasteiger partial charge on any atom is 0.303 e. The molecule has 6 heteroatoms. The Bertz CT molecular complexity index is 1330. The van der Waals surface area contributed by atoms with Crippen molar-refractivity contribution in [1.82, 2.24) is 0 Å². The van der Waals surface area contributed by atoms with Gasteiger partial charge in [0.05, 0.1) is 11.1 Å². The number of benzene rings is 3. The molecule has 180 valence electrons. The molecule has 35 heavy (non-hydrogen) atoms. The molecule has 1 atom stereocenters. The van der Waals surface area contributed by atoms with E-state index in [4.69, 9.17) is 21.4 Å². The SMILES string of the molecule is CC1(C)CCc2cc([C@]3(C)C(=O)N(c4ccc(CCC(=O)O)cc4)c4ccc(Cl)cc43)ccc2O1. The number of halogens is 1. The van der Waals surface area contributed by atoms with Gasteiger partial charge in [-0.15, -0.1) is 0 Å². The second-order valence-electron chi connectivity index (χ2n) is 10.2. The molecular weight excluding hydrogens is 462 g/mol. The lowest BCUT2D eigenvalue weighted by molar-refractivity contribution is -0.137. The molecule has 3 aromatic rings. The average Bonchev–Trinajstić information content (AvgIpc) is 3.04. The maximum absolute atomic E-state index is 14.1. The highest BCUT2D eigenvalue weighted by Gasteiger charge is 2.49. The fourth-order valence-corrected chi connectivity index (χ4v) is 5.29. The topological polar surface area (TPSA) is 66.8 Å². The van der Waals surface area contributed by atoms with E-state index in [1.54, 1.807) is 11.0 Å². The van der Waals surface area contributed by atoms with Crippen LogP contribution in [0.25, 0.3) is 0 Å². The summed E-state index contributed by atoms with van der Waals surface area (Å²) in [6, 6.07) is 19.2. The zero-order valence-electron chi connectivity index (χ0n) is 20.1. The summed E-state index contributed by atoms with van der Waals surface area (Å²) in [4.78, 5) is 26.8. The minimum Gasteiger partial charge on any atom is -0.488 e. The smallest absolute Gasteiger partial charge is 0.303 e. The first-order valence-electron chi connectivity index (χ1n) is 11.9. The molecule has 3 aromatic carbocycles. The van der Waals surface area contributed by atoms with Crippen molar-refractivity contribution < 1.29 is 19.4 Å². The lowest BCUT2D eigenvalue weighted by Gasteiger charge is -2.34.